The van der Waals surface area contributed by atoms with Crippen molar-refractivity contribution in [1.82, 2.24) is 9.80 Å². The number of hydrogen-bond acceptors (Lipinski definition) is 5. The lowest BCUT2D eigenvalue weighted by Gasteiger charge is -2.28. The molecule has 25 heavy (non-hydrogen) atoms. The van der Waals surface area contributed by atoms with Gasteiger partial charge in [-0.15, -0.1) is 0 Å². The quantitative estimate of drug-likeness (QED) is 0.789. The highest BCUT2D eigenvalue weighted by Gasteiger charge is 2.33. The van der Waals surface area contributed by atoms with E-state index >= 15 is 0 Å². The molecule has 1 aliphatic rings. The molecule has 2 rings (SSSR count). The Kier molecular flexibility index (Phi) is 6.25. The zero-order valence-electron chi connectivity index (χ0n) is 15.3. The smallest absolute Gasteiger partial charge is 0.239 e. The number of amides is 2. The summed E-state index contributed by atoms with van der Waals surface area (Å²) in [6.45, 7) is 3.60. The van der Waals surface area contributed by atoms with Gasteiger partial charge in [0.05, 0.1) is 26.2 Å². The van der Waals surface area contributed by atoms with Crippen LogP contribution < -0.4 is 15.2 Å². The first-order chi connectivity index (χ1) is 11.9. The summed E-state index contributed by atoms with van der Waals surface area (Å²) >= 11 is 0. The first kappa shape index (κ1) is 19.1. The molecule has 0 spiro atoms. The van der Waals surface area contributed by atoms with E-state index < -0.39 is 0 Å². The highest BCUT2D eigenvalue weighted by Crippen LogP contribution is 2.28. The Morgan fingerprint density at radius 2 is 2.00 bits per heavy atom. The molecule has 7 nitrogen and oxygen atoms in total. The van der Waals surface area contributed by atoms with Gasteiger partial charge in [-0.25, -0.2) is 0 Å². The van der Waals surface area contributed by atoms with Gasteiger partial charge in [0.15, 0.2) is 11.5 Å². The van der Waals surface area contributed by atoms with E-state index in [4.69, 9.17) is 15.2 Å². The Bertz CT molecular complexity index is 635. The first-order valence-corrected chi connectivity index (χ1v) is 8.36. The minimum atomic E-state index is -0.291. The van der Waals surface area contributed by atoms with Crippen molar-refractivity contribution in [2.45, 2.75) is 25.9 Å². The number of carbonyl (C=O) groups excluding carboxylic acids is 2. The molecule has 1 aromatic rings. The van der Waals surface area contributed by atoms with Crippen LogP contribution in [0.5, 0.6) is 11.5 Å². The topological polar surface area (TPSA) is 85.1 Å². The van der Waals surface area contributed by atoms with Gasteiger partial charge in [-0.2, -0.15) is 0 Å². The highest BCUT2D eigenvalue weighted by molar-refractivity contribution is 5.82. The molecule has 1 heterocycles. The molecule has 2 N–H and O–H groups in total. The summed E-state index contributed by atoms with van der Waals surface area (Å²) in [6.07, 6.45) is 0.715. The third kappa shape index (κ3) is 4.42. The minimum Gasteiger partial charge on any atom is -0.493 e. The van der Waals surface area contributed by atoms with Crippen LogP contribution in [0.25, 0.3) is 0 Å². The van der Waals surface area contributed by atoms with Crippen LogP contribution >= 0.6 is 0 Å². The van der Waals surface area contributed by atoms with E-state index in [1.807, 2.05) is 30.0 Å². The SMILES string of the molecule is COc1ccc(CN(C)C(=O)C(C)N2CCC(C(N)=O)C2)cc1OC. The third-order valence-corrected chi connectivity index (χ3v) is 4.77. The molecule has 1 aromatic carbocycles. The molecule has 7 heteroatoms. The van der Waals surface area contributed by atoms with Crippen LogP contribution in [0.15, 0.2) is 18.2 Å². The maximum absolute atomic E-state index is 12.7. The Balaban J connectivity index is 1.99. The van der Waals surface area contributed by atoms with Gasteiger partial charge in [0.2, 0.25) is 11.8 Å². The average molecular weight is 349 g/mol. The van der Waals surface area contributed by atoms with Gasteiger partial charge < -0.3 is 20.1 Å². The summed E-state index contributed by atoms with van der Waals surface area (Å²) in [5.41, 5.74) is 6.32. The van der Waals surface area contributed by atoms with Crippen LogP contribution in [-0.2, 0) is 16.1 Å². The van der Waals surface area contributed by atoms with E-state index in [1.54, 1.807) is 26.2 Å². The van der Waals surface area contributed by atoms with E-state index in [0.29, 0.717) is 37.6 Å². The van der Waals surface area contributed by atoms with Crippen LogP contribution in [0.3, 0.4) is 0 Å². The number of hydrogen-bond donors (Lipinski definition) is 1. The molecule has 1 aliphatic heterocycles. The minimum absolute atomic E-state index is 0.0138. The molecule has 0 aromatic heterocycles. The van der Waals surface area contributed by atoms with E-state index in [2.05, 4.69) is 0 Å². The van der Waals surface area contributed by atoms with Crippen LogP contribution in [0.1, 0.15) is 18.9 Å². The fourth-order valence-electron chi connectivity index (χ4n) is 3.18. The van der Waals surface area contributed by atoms with Crippen molar-refractivity contribution in [2.75, 3.05) is 34.4 Å². The second kappa shape index (κ2) is 8.20. The van der Waals surface area contributed by atoms with Crippen LogP contribution in [0.4, 0.5) is 0 Å². The number of likely N-dealkylation sites (tertiary alicyclic amines) is 1. The summed E-state index contributed by atoms with van der Waals surface area (Å²) in [5, 5.41) is 0. The largest absolute Gasteiger partial charge is 0.493 e. The van der Waals surface area contributed by atoms with E-state index in [1.165, 1.54) is 0 Å². The Morgan fingerprint density at radius 3 is 2.56 bits per heavy atom. The van der Waals surface area contributed by atoms with Gasteiger partial charge in [0, 0.05) is 20.1 Å². The predicted molar refractivity (Wildman–Crippen MR) is 94.4 cm³/mol. The van der Waals surface area contributed by atoms with Gasteiger partial charge in [-0.3, -0.25) is 14.5 Å². The zero-order valence-corrected chi connectivity index (χ0v) is 15.3. The number of nitrogens with two attached hydrogens (primary N) is 1. The molecule has 1 saturated heterocycles. The summed E-state index contributed by atoms with van der Waals surface area (Å²) in [6, 6.07) is 5.32. The monoisotopic (exact) mass is 349 g/mol. The van der Waals surface area contributed by atoms with Crippen LogP contribution in [-0.4, -0.2) is 62.0 Å². The Morgan fingerprint density at radius 1 is 1.32 bits per heavy atom. The summed E-state index contributed by atoms with van der Waals surface area (Å²) in [5.74, 6) is 0.855. The molecule has 1 fully saturated rings. The first-order valence-electron chi connectivity index (χ1n) is 8.36. The molecule has 0 bridgehead atoms. The van der Waals surface area contributed by atoms with Gasteiger partial charge in [0.1, 0.15) is 0 Å². The molecule has 0 aliphatic carbocycles. The number of carbonyl (C=O) groups is 2. The number of benzene rings is 1. The Hall–Kier alpha value is -2.28. The Labute approximate surface area is 148 Å². The van der Waals surface area contributed by atoms with Gasteiger partial charge in [-0.05, 0) is 37.6 Å². The lowest BCUT2D eigenvalue weighted by molar-refractivity contribution is -0.135. The van der Waals surface area contributed by atoms with Crippen molar-refractivity contribution in [3.05, 3.63) is 23.8 Å². The number of likely N-dealkylation sites (N-methyl/N-ethyl adjacent to an activating group) is 1. The van der Waals surface area contributed by atoms with Crippen molar-refractivity contribution in [3.8, 4) is 11.5 Å². The molecular weight excluding hydrogens is 322 g/mol. The van der Waals surface area contributed by atoms with E-state index in [0.717, 1.165) is 5.56 Å². The number of rotatable bonds is 7. The van der Waals surface area contributed by atoms with E-state index in [-0.39, 0.29) is 23.8 Å². The second-order valence-electron chi connectivity index (χ2n) is 6.44. The lowest BCUT2D eigenvalue weighted by atomic mass is 10.1. The fourth-order valence-corrected chi connectivity index (χ4v) is 3.18. The number of ether oxygens (including phenoxy) is 2. The van der Waals surface area contributed by atoms with Crippen molar-refractivity contribution >= 4 is 11.8 Å². The molecule has 138 valence electrons. The van der Waals surface area contributed by atoms with Crippen LogP contribution in [0, 0.1) is 5.92 Å². The van der Waals surface area contributed by atoms with E-state index in [9.17, 15) is 9.59 Å². The predicted octanol–water partition coefficient (Wildman–Crippen LogP) is 0.858. The highest BCUT2D eigenvalue weighted by atomic mass is 16.5. The lowest BCUT2D eigenvalue weighted by Crippen LogP contribution is -2.45. The van der Waals surface area contributed by atoms with Crippen molar-refractivity contribution < 1.29 is 19.1 Å². The summed E-state index contributed by atoms with van der Waals surface area (Å²) < 4.78 is 10.5. The number of nitrogens with zero attached hydrogens (tertiary/aromatic N) is 2. The van der Waals surface area contributed by atoms with Gasteiger partial charge in [-0.1, -0.05) is 6.07 Å². The standard InChI is InChI=1S/C18H27N3O4/c1-12(21-8-7-14(11-21)17(19)22)18(23)20(2)10-13-5-6-15(24-3)16(9-13)25-4/h5-6,9,12,14H,7-8,10-11H2,1-4H3,(H2,19,22). The molecule has 0 radical (unpaired) electrons. The second-order valence-corrected chi connectivity index (χ2v) is 6.44. The van der Waals surface area contributed by atoms with Crippen molar-refractivity contribution in [2.24, 2.45) is 11.7 Å². The number of methoxy groups -OCH3 is 2. The average Bonchev–Trinajstić information content (AvgIpc) is 3.10. The van der Waals surface area contributed by atoms with Gasteiger partial charge >= 0.3 is 0 Å². The third-order valence-electron chi connectivity index (χ3n) is 4.77. The molecule has 2 unspecified atom stereocenters. The summed E-state index contributed by atoms with van der Waals surface area (Å²) in [7, 11) is 4.95. The van der Waals surface area contributed by atoms with Gasteiger partial charge in [0.25, 0.3) is 0 Å². The van der Waals surface area contributed by atoms with Crippen molar-refractivity contribution in [1.29, 1.82) is 0 Å². The number of primary amides is 1. The van der Waals surface area contributed by atoms with Crippen molar-refractivity contribution in [3.63, 3.8) is 0 Å². The maximum Gasteiger partial charge on any atom is 0.239 e. The molecule has 2 atom stereocenters. The molecular formula is C18H27N3O4. The normalized spacial score (nSPS) is 18.6. The summed E-state index contributed by atoms with van der Waals surface area (Å²) in [4.78, 5) is 27.7. The maximum atomic E-state index is 12.7. The molecule has 0 saturated carbocycles. The van der Waals surface area contributed by atoms with Crippen LogP contribution in [0.2, 0.25) is 0 Å². The molecule has 2 amide bonds. The fraction of sp³-hybridized carbons (Fsp3) is 0.556. The zero-order chi connectivity index (χ0) is 18.6.